The van der Waals surface area contributed by atoms with Crippen molar-refractivity contribution in [3.63, 3.8) is 0 Å². The summed E-state index contributed by atoms with van der Waals surface area (Å²) in [7, 11) is 0. The third-order valence-corrected chi connectivity index (χ3v) is 2.86. The average molecular weight is 306 g/mol. The van der Waals surface area contributed by atoms with Crippen LogP contribution in [0.4, 0.5) is 5.69 Å². The van der Waals surface area contributed by atoms with E-state index in [0.29, 0.717) is 10.7 Å². The van der Waals surface area contributed by atoms with Crippen LogP contribution in [0.5, 0.6) is 0 Å². The maximum absolute atomic E-state index is 11.7. The summed E-state index contributed by atoms with van der Waals surface area (Å²) in [6, 6.07) is 7.14. The Hall–Kier alpha value is -2.60. The molecule has 1 aromatic heterocycles. The van der Waals surface area contributed by atoms with Crippen molar-refractivity contribution < 1.29 is 14.7 Å². The Kier molecular flexibility index (Phi) is 4.73. The number of halogens is 1. The number of aliphatic carboxylic acids is 1. The number of carbonyl (C=O) groups excluding carboxylic acids is 1. The van der Waals surface area contributed by atoms with E-state index >= 15 is 0 Å². The van der Waals surface area contributed by atoms with E-state index in [9.17, 15) is 9.59 Å². The van der Waals surface area contributed by atoms with Gasteiger partial charge in [-0.25, -0.2) is 0 Å². The maximum Gasteiger partial charge on any atom is 0.325 e. The molecule has 0 radical (unpaired) electrons. The molecule has 1 heterocycles. The quantitative estimate of drug-likeness (QED) is 0.830. The molecule has 0 spiro atoms. The van der Waals surface area contributed by atoms with E-state index in [0.717, 1.165) is 5.56 Å². The highest BCUT2D eigenvalue weighted by molar-refractivity contribution is 6.32. The fourth-order valence-electron chi connectivity index (χ4n) is 1.61. The van der Waals surface area contributed by atoms with Crippen molar-refractivity contribution in [2.24, 2.45) is 0 Å². The molecule has 0 bridgehead atoms. The van der Waals surface area contributed by atoms with Crippen molar-refractivity contribution in [3.8, 4) is 0 Å². The van der Waals surface area contributed by atoms with Gasteiger partial charge < -0.3 is 10.4 Å². The van der Waals surface area contributed by atoms with Crippen molar-refractivity contribution >= 4 is 35.2 Å². The third kappa shape index (κ3) is 4.47. The minimum atomic E-state index is -1.01. The van der Waals surface area contributed by atoms with Gasteiger partial charge in [-0.2, -0.15) is 5.10 Å². The second kappa shape index (κ2) is 6.71. The molecular weight excluding hydrogens is 294 g/mol. The summed E-state index contributed by atoms with van der Waals surface area (Å²) in [6.45, 7) is -0.259. The fraction of sp³-hybridized carbons (Fsp3) is 0.0714. The number of nitrogens with zero attached hydrogens (tertiary/aromatic N) is 2. The summed E-state index contributed by atoms with van der Waals surface area (Å²) < 4.78 is 1.22. The standard InChI is InChI=1S/C14H12ClN3O3/c15-12-4-2-1-3-10(12)5-6-13(19)17-11-7-16-18(8-11)9-14(20)21/h1-8H,9H2,(H,17,19)(H,20,21)/b6-5+. The molecule has 0 fully saturated rings. The average Bonchev–Trinajstić information content (AvgIpc) is 2.84. The molecule has 6 nitrogen and oxygen atoms in total. The molecule has 0 aliphatic rings. The molecule has 0 atom stereocenters. The number of rotatable bonds is 5. The molecule has 0 aliphatic heterocycles. The fourth-order valence-corrected chi connectivity index (χ4v) is 1.81. The largest absolute Gasteiger partial charge is 0.480 e. The van der Waals surface area contributed by atoms with Crippen LogP contribution in [0.25, 0.3) is 6.08 Å². The van der Waals surface area contributed by atoms with Crippen molar-refractivity contribution in [2.75, 3.05) is 5.32 Å². The van der Waals surface area contributed by atoms with Crippen LogP contribution in [0.2, 0.25) is 5.02 Å². The van der Waals surface area contributed by atoms with Crippen LogP contribution < -0.4 is 5.32 Å². The number of aromatic nitrogens is 2. The molecular formula is C14H12ClN3O3. The summed E-state index contributed by atoms with van der Waals surface area (Å²) in [5.41, 5.74) is 1.15. The first kappa shape index (κ1) is 14.8. The zero-order chi connectivity index (χ0) is 15.2. The van der Waals surface area contributed by atoms with Gasteiger partial charge in [0.15, 0.2) is 0 Å². The second-order valence-electron chi connectivity index (χ2n) is 4.16. The highest BCUT2D eigenvalue weighted by Gasteiger charge is 2.04. The first-order valence-electron chi connectivity index (χ1n) is 6.02. The lowest BCUT2D eigenvalue weighted by molar-refractivity contribution is -0.137. The zero-order valence-electron chi connectivity index (χ0n) is 10.9. The number of hydrogen-bond donors (Lipinski definition) is 2. The SMILES string of the molecule is O=C(O)Cn1cc(NC(=O)/C=C/c2ccccc2Cl)cn1. The summed E-state index contributed by atoms with van der Waals surface area (Å²) in [5.74, 6) is -1.36. The number of carbonyl (C=O) groups is 2. The topological polar surface area (TPSA) is 84.2 Å². The van der Waals surface area contributed by atoms with Gasteiger partial charge in [0.2, 0.25) is 5.91 Å². The summed E-state index contributed by atoms with van der Waals surface area (Å²) >= 11 is 5.97. The second-order valence-corrected chi connectivity index (χ2v) is 4.57. The molecule has 7 heteroatoms. The number of nitrogens with one attached hydrogen (secondary N) is 1. The lowest BCUT2D eigenvalue weighted by Gasteiger charge is -1.98. The van der Waals surface area contributed by atoms with Crippen LogP contribution >= 0.6 is 11.6 Å². The lowest BCUT2D eigenvalue weighted by Crippen LogP contribution is -2.09. The minimum absolute atomic E-state index is 0.259. The highest BCUT2D eigenvalue weighted by Crippen LogP contribution is 2.16. The molecule has 2 N–H and O–H groups in total. The number of benzene rings is 1. The Labute approximate surface area is 125 Å². The Morgan fingerprint density at radius 2 is 2.14 bits per heavy atom. The summed E-state index contributed by atoms with van der Waals surface area (Å²) in [5, 5.41) is 15.6. The number of carboxylic acid groups (broad SMARTS) is 1. The van der Waals surface area contributed by atoms with Crippen LogP contribution in [-0.2, 0) is 16.1 Å². The summed E-state index contributed by atoms with van der Waals surface area (Å²) in [4.78, 5) is 22.3. The number of anilines is 1. The molecule has 21 heavy (non-hydrogen) atoms. The molecule has 2 rings (SSSR count). The first-order valence-corrected chi connectivity index (χ1v) is 6.40. The van der Waals surface area contributed by atoms with E-state index in [1.807, 2.05) is 6.07 Å². The van der Waals surface area contributed by atoms with E-state index in [1.54, 1.807) is 24.3 Å². The number of hydrogen-bond acceptors (Lipinski definition) is 3. The molecule has 2 aromatic rings. The van der Waals surface area contributed by atoms with Gasteiger partial charge in [0.25, 0.3) is 0 Å². The first-order chi connectivity index (χ1) is 10.0. The third-order valence-electron chi connectivity index (χ3n) is 2.52. The zero-order valence-corrected chi connectivity index (χ0v) is 11.6. The number of amides is 1. The monoisotopic (exact) mass is 305 g/mol. The van der Waals surface area contributed by atoms with E-state index in [-0.39, 0.29) is 12.5 Å². The van der Waals surface area contributed by atoms with Crippen LogP contribution in [0.1, 0.15) is 5.56 Å². The Balaban J connectivity index is 1.97. The smallest absolute Gasteiger partial charge is 0.325 e. The Morgan fingerprint density at radius 3 is 2.86 bits per heavy atom. The van der Waals surface area contributed by atoms with Gasteiger partial charge in [-0.3, -0.25) is 14.3 Å². The van der Waals surface area contributed by atoms with E-state index in [1.165, 1.54) is 23.2 Å². The van der Waals surface area contributed by atoms with Gasteiger partial charge in [-0.15, -0.1) is 0 Å². The van der Waals surface area contributed by atoms with E-state index in [4.69, 9.17) is 16.7 Å². The highest BCUT2D eigenvalue weighted by atomic mass is 35.5. The van der Waals surface area contributed by atoms with Crippen molar-refractivity contribution in [2.45, 2.75) is 6.54 Å². The van der Waals surface area contributed by atoms with Crippen molar-refractivity contribution in [1.29, 1.82) is 0 Å². The van der Waals surface area contributed by atoms with Gasteiger partial charge in [-0.05, 0) is 17.7 Å². The molecule has 0 unspecified atom stereocenters. The Bertz CT molecular complexity index is 694. The van der Waals surface area contributed by atoms with Gasteiger partial charge >= 0.3 is 5.97 Å². The molecule has 0 saturated carbocycles. The molecule has 1 aromatic carbocycles. The molecule has 0 aliphatic carbocycles. The number of carboxylic acids is 1. The predicted octanol–water partition coefficient (Wildman–Crippen LogP) is 2.27. The van der Waals surface area contributed by atoms with Gasteiger partial charge in [0.05, 0.1) is 11.9 Å². The van der Waals surface area contributed by atoms with E-state index < -0.39 is 5.97 Å². The lowest BCUT2D eigenvalue weighted by atomic mass is 10.2. The van der Waals surface area contributed by atoms with Gasteiger partial charge in [0.1, 0.15) is 6.54 Å². The normalized spacial score (nSPS) is 10.7. The van der Waals surface area contributed by atoms with Crippen LogP contribution in [0, 0.1) is 0 Å². The van der Waals surface area contributed by atoms with Crippen LogP contribution in [-0.4, -0.2) is 26.8 Å². The molecule has 0 saturated heterocycles. The summed E-state index contributed by atoms with van der Waals surface area (Å²) in [6.07, 6.45) is 5.76. The van der Waals surface area contributed by atoms with Crippen molar-refractivity contribution in [3.05, 3.63) is 53.3 Å². The Morgan fingerprint density at radius 1 is 1.38 bits per heavy atom. The maximum atomic E-state index is 11.7. The minimum Gasteiger partial charge on any atom is -0.480 e. The van der Waals surface area contributed by atoms with Gasteiger partial charge in [-0.1, -0.05) is 29.8 Å². The molecule has 1 amide bonds. The van der Waals surface area contributed by atoms with Crippen LogP contribution in [0.3, 0.4) is 0 Å². The van der Waals surface area contributed by atoms with Crippen molar-refractivity contribution in [1.82, 2.24) is 9.78 Å². The van der Waals surface area contributed by atoms with E-state index in [2.05, 4.69) is 10.4 Å². The van der Waals surface area contributed by atoms with Crippen LogP contribution in [0.15, 0.2) is 42.7 Å². The predicted molar refractivity (Wildman–Crippen MR) is 79.0 cm³/mol. The van der Waals surface area contributed by atoms with Gasteiger partial charge in [0, 0.05) is 17.3 Å². The molecule has 108 valence electrons.